The van der Waals surface area contributed by atoms with Crippen molar-refractivity contribution in [3.8, 4) is 0 Å². The highest BCUT2D eigenvalue weighted by Crippen LogP contribution is 2.41. The average molecular weight is 289 g/mol. The predicted octanol–water partition coefficient (Wildman–Crippen LogP) is 4.37. The molecule has 0 heterocycles. The topological polar surface area (TPSA) is 37.3 Å². The Morgan fingerprint density at radius 3 is 2.58 bits per heavy atom. The molecule has 2 atom stereocenters. The summed E-state index contributed by atoms with van der Waals surface area (Å²) in [6, 6.07) is 2.26. The number of carbonyl (C=O) groups is 1. The number of aliphatic carboxylic acids is 1. The maximum Gasteiger partial charge on any atom is 0.307 e. The van der Waals surface area contributed by atoms with Crippen molar-refractivity contribution in [2.24, 2.45) is 5.92 Å². The van der Waals surface area contributed by atoms with Crippen molar-refractivity contribution in [2.75, 3.05) is 0 Å². The van der Waals surface area contributed by atoms with E-state index < -0.39 is 29.4 Å². The number of rotatable bonds is 2. The third-order valence-electron chi connectivity index (χ3n) is 3.78. The van der Waals surface area contributed by atoms with Crippen LogP contribution < -0.4 is 0 Å². The number of benzene rings is 1. The van der Waals surface area contributed by atoms with E-state index in [-0.39, 0.29) is 10.6 Å². The average Bonchev–Trinajstić information content (AvgIpc) is 2.60. The van der Waals surface area contributed by atoms with Crippen molar-refractivity contribution in [3.63, 3.8) is 0 Å². The van der Waals surface area contributed by atoms with Crippen LogP contribution in [0.5, 0.6) is 0 Å². The minimum absolute atomic E-state index is 0.0240. The van der Waals surface area contributed by atoms with Crippen LogP contribution in [0.3, 0.4) is 0 Å². The summed E-state index contributed by atoms with van der Waals surface area (Å²) in [6.07, 6.45) is 3.51. The Morgan fingerprint density at radius 1 is 1.21 bits per heavy atom. The van der Waals surface area contributed by atoms with Crippen LogP contribution in [0, 0.1) is 17.6 Å². The van der Waals surface area contributed by atoms with Gasteiger partial charge in [0, 0.05) is 16.5 Å². The lowest BCUT2D eigenvalue weighted by Crippen LogP contribution is -2.22. The van der Waals surface area contributed by atoms with Gasteiger partial charge in [-0.3, -0.25) is 4.79 Å². The zero-order valence-corrected chi connectivity index (χ0v) is 11.1. The Morgan fingerprint density at radius 2 is 1.89 bits per heavy atom. The van der Waals surface area contributed by atoms with Gasteiger partial charge in [0.25, 0.3) is 0 Å². The second-order valence-electron chi connectivity index (χ2n) is 4.95. The first kappa shape index (κ1) is 14.3. The van der Waals surface area contributed by atoms with E-state index in [1.165, 1.54) is 6.07 Å². The lowest BCUT2D eigenvalue weighted by atomic mass is 9.82. The number of carboxylic acid groups (broad SMARTS) is 1. The largest absolute Gasteiger partial charge is 0.481 e. The molecule has 5 heteroatoms. The van der Waals surface area contributed by atoms with Crippen molar-refractivity contribution in [1.29, 1.82) is 0 Å². The van der Waals surface area contributed by atoms with Crippen molar-refractivity contribution in [3.05, 3.63) is 34.4 Å². The summed E-state index contributed by atoms with van der Waals surface area (Å²) in [5.41, 5.74) is 0.0240. The number of hydrogen-bond donors (Lipinski definition) is 1. The van der Waals surface area contributed by atoms with Crippen molar-refractivity contribution < 1.29 is 18.7 Å². The highest BCUT2D eigenvalue weighted by molar-refractivity contribution is 6.31. The number of carboxylic acids is 1. The highest BCUT2D eigenvalue weighted by Gasteiger charge is 2.34. The van der Waals surface area contributed by atoms with Gasteiger partial charge in [-0.05, 0) is 25.0 Å². The fourth-order valence-corrected chi connectivity index (χ4v) is 3.12. The second-order valence-corrected chi connectivity index (χ2v) is 5.35. The second kappa shape index (κ2) is 5.87. The van der Waals surface area contributed by atoms with Gasteiger partial charge in [-0.25, -0.2) is 8.78 Å². The van der Waals surface area contributed by atoms with Crippen molar-refractivity contribution in [1.82, 2.24) is 0 Å². The van der Waals surface area contributed by atoms with Crippen LogP contribution >= 0.6 is 11.6 Å². The van der Waals surface area contributed by atoms with Crippen LogP contribution in [0.15, 0.2) is 12.1 Å². The Bertz CT molecular complexity index is 491. The SMILES string of the molecule is O=C(O)C1CCCCCC1c1c(Cl)ccc(F)c1F. The van der Waals surface area contributed by atoms with Gasteiger partial charge in [0.05, 0.1) is 5.92 Å². The molecule has 2 nitrogen and oxygen atoms in total. The van der Waals surface area contributed by atoms with Gasteiger partial charge >= 0.3 is 5.97 Å². The molecule has 1 aromatic rings. The number of hydrogen-bond acceptors (Lipinski definition) is 1. The van der Waals surface area contributed by atoms with Crippen molar-refractivity contribution in [2.45, 2.75) is 38.0 Å². The first-order chi connectivity index (χ1) is 9.02. The molecule has 1 aromatic carbocycles. The van der Waals surface area contributed by atoms with E-state index in [0.29, 0.717) is 12.8 Å². The predicted molar refractivity (Wildman–Crippen MR) is 68.3 cm³/mol. The minimum Gasteiger partial charge on any atom is -0.481 e. The van der Waals surface area contributed by atoms with Crippen LogP contribution in [0.1, 0.15) is 43.6 Å². The van der Waals surface area contributed by atoms with Crippen LogP contribution in [-0.2, 0) is 4.79 Å². The molecule has 0 radical (unpaired) electrons. The molecule has 2 unspecified atom stereocenters. The zero-order chi connectivity index (χ0) is 14.0. The van der Waals surface area contributed by atoms with E-state index in [9.17, 15) is 18.7 Å². The van der Waals surface area contributed by atoms with Gasteiger partial charge in [0.1, 0.15) is 0 Å². The minimum atomic E-state index is -1.01. The molecule has 1 N–H and O–H groups in total. The quantitative estimate of drug-likeness (QED) is 0.648. The Balaban J connectivity index is 2.47. The van der Waals surface area contributed by atoms with E-state index in [1.807, 2.05) is 0 Å². The highest BCUT2D eigenvalue weighted by atomic mass is 35.5. The Labute approximate surface area is 115 Å². The van der Waals surface area contributed by atoms with Crippen molar-refractivity contribution >= 4 is 17.6 Å². The molecular weight excluding hydrogens is 274 g/mol. The summed E-state index contributed by atoms with van der Waals surface area (Å²) >= 11 is 5.96. The normalized spacial score (nSPS) is 23.9. The summed E-state index contributed by atoms with van der Waals surface area (Å²) in [7, 11) is 0. The number of halogens is 3. The lowest BCUT2D eigenvalue weighted by Gasteiger charge is -2.23. The molecule has 1 fully saturated rings. The third kappa shape index (κ3) is 2.89. The molecule has 1 aliphatic rings. The summed E-state index contributed by atoms with van der Waals surface area (Å²) in [5, 5.41) is 9.40. The molecule has 0 saturated heterocycles. The molecule has 0 bridgehead atoms. The zero-order valence-electron chi connectivity index (χ0n) is 10.3. The van der Waals surface area contributed by atoms with Gasteiger partial charge in [0.2, 0.25) is 0 Å². The first-order valence-corrected chi connectivity index (χ1v) is 6.76. The fraction of sp³-hybridized carbons (Fsp3) is 0.500. The van der Waals surface area contributed by atoms with Crippen LogP contribution in [-0.4, -0.2) is 11.1 Å². The molecular formula is C14H15ClF2O2. The molecule has 0 aromatic heterocycles. The summed E-state index contributed by atoms with van der Waals surface area (Å²) in [4.78, 5) is 11.3. The van der Waals surface area contributed by atoms with E-state index in [2.05, 4.69) is 0 Å². The summed E-state index contributed by atoms with van der Waals surface area (Å²) < 4.78 is 27.3. The van der Waals surface area contributed by atoms with Gasteiger partial charge < -0.3 is 5.11 Å². The van der Waals surface area contributed by atoms with Crippen LogP contribution in [0.2, 0.25) is 5.02 Å². The molecule has 104 valence electrons. The summed E-state index contributed by atoms with van der Waals surface area (Å²) in [6.45, 7) is 0. The molecule has 0 amide bonds. The molecule has 0 aliphatic heterocycles. The standard InChI is InChI=1S/C14H15ClF2O2/c15-10-6-7-11(16)13(17)12(10)8-4-2-1-3-5-9(8)14(18)19/h6-9H,1-5H2,(H,18,19). The van der Waals surface area contributed by atoms with Crippen LogP contribution in [0.25, 0.3) is 0 Å². The maximum atomic E-state index is 14.0. The van der Waals surface area contributed by atoms with E-state index >= 15 is 0 Å². The van der Waals surface area contributed by atoms with Crippen LogP contribution in [0.4, 0.5) is 8.78 Å². The summed E-state index contributed by atoms with van der Waals surface area (Å²) in [5.74, 6) is -4.20. The first-order valence-electron chi connectivity index (χ1n) is 6.38. The Hall–Kier alpha value is -1.16. The molecule has 19 heavy (non-hydrogen) atoms. The van der Waals surface area contributed by atoms with Gasteiger partial charge in [-0.2, -0.15) is 0 Å². The lowest BCUT2D eigenvalue weighted by molar-refractivity contribution is -0.142. The Kier molecular flexibility index (Phi) is 4.40. The van der Waals surface area contributed by atoms with E-state index in [1.54, 1.807) is 0 Å². The van der Waals surface area contributed by atoms with E-state index in [4.69, 9.17) is 11.6 Å². The van der Waals surface area contributed by atoms with Gasteiger partial charge in [-0.1, -0.05) is 30.9 Å². The van der Waals surface area contributed by atoms with Gasteiger partial charge in [-0.15, -0.1) is 0 Å². The third-order valence-corrected chi connectivity index (χ3v) is 4.11. The maximum absolute atomic E-state index is 14.0. The molecule has 2 rings (SSSR count). The monoisotopic (exact) mass is 288 g/mol. The molecule has 1 aliphatic carbocycles. The smallest absolute Gasteiger partial charge is 0.307 e. The van der Waals surface area contributed by atoms with Gasteiger partial charge in [0.15, 0.2) is 11.6 Å². The molecule has 1 saturated carbocycles. The molecule has 0 spiro atoms. The fourth-order valence-electron chi connectivity index (χ4n) is 2.83. The van der Waals surface area contributed by atoms with E-state index in [0.717, 1.165) is 25.3 Å².